The van der Waals surface area contributed by atoms with Gasteiger partial charge in [0.2, 0.25) is 5.82 Å². The number of ether oxygens (including phenoxy) is 2. The Morgan fingerprint density at radius 3 is 2.93 bits per heavy atom. The monoisotopic (exact) mass is 389 g/mol. The summed E-state index contributed by atoms with van der Waals surface area (Å²) in [5.41, 5.74) is 3.94. The highest BCUT2D eigenvalue weighted by atomic mass is 16.5. The largest absolute Gasteiger partial charge is 0.490 e. The van der Waals surface area contributed by atoms with Gasteiger partial charge in [0.15, 0.2) is 0 Å². The molecule has 0 fully saturated rings. The van der Waals surface area contributed by atoms with Gasteiger partial charge in [-0.1, -0.05) is 23.4 Å². The molecule has 0 radical (unpaired) electrons. The van der Waals surface area contributed by atoms with Crippen molar-refractivity contribution in [1.82, 2.24) is 10.1 Å². The smallest absolute Gasteiger partial charge is 0.293 e. The van der Waals surface area contributed by atoms with Crippen LogP contribution in [-0.2, 0) is 16.0 Å². The van der Waals surface area contributed by atoms with Crippen molar-refractivity contribution in [3.63, 3.8) is 0 Å². The fourth-order valence-electron chi connectivity index (χ4n) is 3.59. The number of fused-ring (bicyclic) bond motifs is 1. The Kier molecular flexibility index (Phi) is 5.00. The van der Waals surface area contributed by atoms with Gasteiger partial charge in [-0.15, -0.1) is 0 Å². The van der Waals surface area contributed by atoms with E-state index < -0.39 is 0 Å². The van der Waals surface area contributed by atoms with E-state index >= 15 is 0 Å². The number of hydrogen-bond acceptors (Lipinski definition) is 7. The SMILES string of the molecule is CC(C)Oc1ccc(-c2nc(-c3cccc4c3CC[C@H]4OC=O)no2)cc1C#N. The molecule has 1 heterocycles. The third-order valence-corrected chi connectivity index (χ3v) is 4.81. The maximum atomic E-state index is 10.7. The summed E-state index contributed by atoms with van der Waals surface area (Å²) >= 11 is 0. The summed E-state index contributed by atoms with van der Waals surface area (Å²) in [5.74, 6) is 1.31. The molecule has 0 saturated carbocycles. The zero-order valence-electron chi connectivity index (χ0n) is 16.1. The van der Waals surface area contributed by atoms with Crippen LogP contribution in [0.4, 0.5) is 0 Å². The second kappa shape index (κ2) is 7.76. The molecule has 0 N–H and O–H groups in total. The van der Waals surface area contributed by atoms with Crippen LogP contribution in [-0.4, -0.2) is 22.7 Å². The molecule has 2 aromatic carbocycles. The molecular formula is C22H19N3O4. The predicted octanol–water partition coefficient (Wildman–Crippen LogP) is 4.22. The molecular weight excluding hydrogens is 370 g/mol. The van der Waals surface area contributed by atoms with Gasteiger partial charge in [0.1, 0.15) is 17.9 Å². The Morgan fingerprint density at radius 2 is 2.17 bits per heavy atom. The fourth-order valence-corrected chi connectivity index (χ4v) is 3.59. The zero-order chi connectivity index (χ0) is 20.4. The number of rotatable bonds is 6. The topological polar surface area (TPSA) is 98.2 Å². The molecule has 1 atom stereocenters. The van der Waals surface area contributed by atoms with Crippen LogP contribution in [0.3, 0.4) is 0 Å². The first-order valence-electron chi connectivity index (χ1n) is 9.37. The van der Waals surface area contributed by atoms with Gasteiger partial charge in [-0.05, 0) is 56.0 Å². The van der Waals surface area contributed by atoms with Gasteiger partial charge < -0.3 is 14.0 Å². The van der Waals surface area contributed by atoms with E-state index in [1.54, 1.807) is 18.2 Å². The molecule has 0 bridgehead atoms. The molecule has 1 aromatic heterocycles. The van der Waals surface area contributed by atoms with Crippen LogP contribution in [0.2, 0.25) is 0 Å². The summed E-state index contributed by atoms with van der Waals surface area (Å²) < 4.78 is 16.3. The van der Waals surface area contributed by atoms with Crippen molar-refractivity contribution in [2.75, 3.05) is 0 Å². The average Bonchev–Trinajstić information content (AvgIpc) is 3.36. The lowest BCUT2D eigenvalue weighted by Gasteiger charge is -2.11. The van der Waals surface area contributed by atoms with E-state index in [-0.39, 0.29) is 12.2 Å². The molecule has 0 unspecified atom stereocenters. The van der Waals surface area contributed by atoms with Crippen molar-refractivity contribution >= 4 is 6.47 Å². The maximum absolute atomic E-state index is 10.7. The number of benzene rings is 2. The van der Waals surface area contributed by atoms with E-state index in [1.165, 1.54) is 0 Å². The molecule has 1 aliphatic rings. The van der Waals surface area contributed by atoms with Crippen molar-refractivity contribution in [3.05, 3.63) is 53.1 Å². The summed E-state index contributed by atoms with van der Waals surface area (Å²) in [5, 5.41) is 13.6. The molecule has 146 valence electrons. The molecule has 4 rings (SSSR count). The third kappa shape index (κ3) is 3.57. The van der Waals surface area contributed by atoms with E-state index in [4.69, 9.17) is 14.0 Å². The Labute approximate surface area is 167 Å². The van der Waals surface area contributed by atoms with Crippen molar-refractivity contribution in [3.8, 4) is 34.7 Å². The first kappa shape index (κ1) is 18.7. The van der Waals surface area contributed by atoms with Gasteiger partial charge in [-0.2, -0.15) is 10.2 Å². The molecule has 29 heavy (non-hydrogen) atoms. The fraction of sp³-hybridized carbons (Fsp3) is 0.273. The van der Waals surface area contributed by atoms with Crippen molar-refractivity contribution < 1.29 is 18.8 Å². The second-order valence-electron chi connectivity index (χ2n) is 7.05. The van der Waals surface area contributed by atoms with Gasteiger partial charge in [0.25, 0.3) is 12.4 Å². The number of carbonyl (C=O) groups is 1. The highest BCUT2D eigenvalue weighted by molar-refractivity contribution is 5.67. The highest BCUT2D eigenvalue weighted by Crippen LogP contribution is 2.39. The average molecular weight is 389 g/mol. The molecule has 1 aliphatic carbocycles. The summed E-state index contributed by atoms with van der Waals surface area (Å²) in [6.07, 6.45) is 1.24. The van der Waals surface area contributed by atoms with Crippen LogP contribution in [0.25, 0.3) is 22.8 Å². The van der Waals surface area contributed by atoms with Crippen molar-refractivity contribution in [2.45, 2.75) is 38.9 Å². The quantitative estimate of drug-likeness (QED) is 0.582. The van der Waals surface area contributed by atoms with Crippen LogP contribution in [0.1, 0.15) is 43.1 Å². The molecule has 0 saturated heterocycles. The zero-order valence-corrected chi connectivity index (χ0v) is 16.1. The standard InChI is InChI=1S/C22H19N3O4/c1-13(2)28-19-8-6-14(10-15(19)11-23)22-24-21(25-29-22)18-5-3-4-17-16(18)7-9-20(17)27-12-26/h3-6,8,10,12-13,20H,7,9H2,1-2H3/t20-/m1/s1. The van der Waals surface area contributed by atoms with Crippen LogP contribution < -0.4 is 4.74 Å². The molecule has 0 amide bonds. The molecule has 0 spiro atoms. The maximum Gasteiger partial charge on any atom is 0.293 e. The van der Waals surface area contributed by atoms with Crippen LogP contribution in [0.5, 0.6) is 5.75 Å². The van der Waals surface area contributed by atoms with Gasteiger partial charge in [0, 0.05) is 11.1 Å². The molecule has 3 aromatic rings. The predicted molar refractivity (Wildman–Crippen MR) is 104 cm³/mol. The molecule has 7 nitrogen and oxygen atoms in total. The van der Waals surface area contributed by atoms with E-state index in [2.05, 4.69) is 16.2 Å². The number of nitrogens with zero attached hydrogens (tertiary/aromatic N) is 3. The molecule has 7 heteroatoms. The Bertz CT molecular complexity index is 1100. The minimum atomic E-state index is -0.236. The van der Waals surface area contributed by atoms with Crippen LogP contribution in [0.15, 0.2) is 40.9 Å². The normalized spacial score (nSPS) is 15.0. The number of aromatic nitrogens is 2. The van der Waals surface area contributed by atoms with E-state index in [9.17, 15) is 10.1 Å². The minimum absolute atomic E-state index is 0.0323. The Hall–Kier alpha value is -3.66. The van der Waals surface area contributed by atoms with Crippen molar-refractivity contribution in [2.24, 2.45) is 0 Å². The molecule has 0 aliphatic heterocycles. The summed E-state index contributed by atoms with van der Waals surface area (Å²) in [6.45, 7) is 4.29. The van der Waals surface area contributed by atoms with Gasteiger partial charge in [-0.3, -0.25) is 4.79 Å². The van der Waals surface area contributed by atoms with E-state index in [0.717, 1.165) is 29.5 Å². The lowest BCUT2D eigenvalue weighted by molar-refractivity contribution is -0.133. The summed E-state index contributed by atoms with van der Waals surface area (Å²) in [4.78, 5) is 15.3. The number of carbonyl (C=O) groups excluding carboxylic acids is 1. The first-order chi connectivity index (χ1) is 14.1. The summed E-state index contributed by atoms with van der Waals surface area (Å²) in [7, 11) is 0. The van der Waals surface area contributed by atoms with Gasteiger partial charge in [-0.25, -0.2) is 0 Å². The lowest BCUT2D eigenvalue weighted by Crippen LogP contribution is -2.06. The first-order valence-corrected chi connectivity index (χ1v) is 9.37. The number of hydrogen-bond donors (Lipinski definition) is 0. The van der Waals surface area contributed by atoms with Crippen LogP contribution in [0, 0.1) is 11.3 Å². The van der Waals surface area contributed by atoms with Gasteiger partial charge in [0.05, 0.1) is 11.7 Å². The number of nitriles is 1. The highest BCUT2D eigenvalue weighted by Gasteiger charge is 2.27. The Morgan fingerprint density at radius 1 is 1.31 bits per heavy atom. The lowest BCUT2D eigenvalue weighted by atomic mass is 10.0. The summed E-state index contributed by atoms with van der Waals surface area (Å²) in [6, 6.07) is 13.1. The van der Waals surface area contributed by atoms with E-state index in [0.29, 0.717) is 35.1 Å². The Balaban J connectivity index is 1.67. The van der Waals surface area contributed by atoms with E-state index in [1.807, 2.05) is 32.0 Å². The minimum Gasteiger partial charge on any atom is -0.490 e. The van der Waals surface area contributed by atoms with Gasteiger partial charge >= 0.3 is 0 Å². The van der Waals surface area contributed by atoms with Crippen molar-refractivity contribution in [1.29, 1.82) is 5.26 Å². The second-order valence-corrected chi connectivity index (χ2v) is 7.05. The third-order valence-electron chi connectivity index (χ3n) is 4.81. The van der Waals surface area contributed by atoms with Crippen LogP contribution >= 0.6 is 0 Å².